The molecule has 0 saturated heterocycles. The molecule has 0 radical (unpaired) electrons. The van der Waals surface area contributed by atoms with E-state index in [9.17, 15) is 9.90 Å². The predicted molar refractivity (Wildman–Crippen MR) is 84.5 cm³/mol. The van der Waals surface area contributed by atoms with Crippen LogP contribution in [0.2, 0.25) is 0 Å². The number of amides is 1. The first-order chi connectivity index (χ1) is 9.85. The number of hydrogen-bond donors (Lipinski definition) is 2. The summed E-state index contributed by atoms with van der Waals surface area (Å²) in [5, 5.41) is 12.7. The van der Waals surface area contributed by atoms with Gasteiger partial charge in [-0.2, -0.15) is 0 Å². The molecule has 0 aromatic heterocycles. The lowest BCUT2D eigenvalue weighted by molar-refractivity contribution is 0.0714. The summed E-state index contributed by atoms with van der Waals surface area (Å²) in [6.45, 7) is 6.12. The molecule has 1 atom stereocenters. The predicted octanol–water partition coefficient (Wildman–Crippen LogP) is 2.54. The van der Waals surface area contributed by atoms with Gasteiger partial charge in [-0.1, -0.05) is 19.1 Å². The minimum absolute atomic E-state index is 0.0484. The number of nitrogens with one attached hydrogen (secondary N) is 1. The number of ether oxygens (including phenoxy) is 1. The second kappa shape index (κ2) is 8.15. The van der Waals surface area contributed by atoms with E-state index in [-0.39, 0.29) is 12.0 Å². The molecule has 4 nitrogen and oxygen atoms in total. The molecule has 0 fully saturated rings. The fourth-order valence-electron chi connectivity index (χ4n) is 2.02. The topological polar surface area (TPSA) is 58.6 Å². The molecule has 0 aliphatic carbocycles. The van der Waals surface area contributed by atoms with E-state index in [0.717, 1.165) is 18.4 Å². The number of carbonyl (C=O) groups is 1. The van der Waals surface area contributed by atoms with Crippen molar-refractivity contribution in [2.45, 2.75) is 51.7 Å². The lowest BCUT2D eigenvalue weighted by atomic mass is 9.98. The van der Waals surface area contributed by atoms with Crippen molar-refractivity contribution >= 4 is 5.91 Å². The molecular weight excluding hydrogens is 266 g/mol. The van der Waals surface area contributed by atoms with Crippen LogP contribution in [0.1, 0.15) is 49.5 Å². The van der Waals surface area contributed by atoms with Crippen LogP contribution in [0.5, 0.6) is 0 Å². The molecule has 0 bridgehead atoms. The molecule has 118 valence electrons. The summed E-state index contributed by atoms with van der Waals surface area (Å²) >= 11 is 0. The fraction of sp³-hybridized carbons (Fsp3) is 0.588. The van der Waals surface area contributed by atoms with E-state index in [1.165, 1.54) is 0 Å². The molecule has 0 heterocycles. The van der Waals surface area contributed by atoms with Crippen molar-refractivity contribution in [3.05, 3.63) is 35.4 Å². The zero-order chi connectivity index (χ0) is 15.9. The summed E-state index contributed by atoms with van der Waals surface area (Å²) in [6.07, 6.45) is 2.33. The van der Waals surface area contributed by atoms with Crippen LogP contribution in [0.25, 0.3) is 0 Å². The molecule has 4 heteroatoms. The standard InChI is InChI=1S/C17H27NO3/c1-5-15(21-4)12-18-16(19)14-8-6-7-13(11-14)9-10-17(2,3)20/h6-8,11,15,20H,5,9-10,12H2,1-4H3,(H,18,19). The highest BCUT2D eigenvalue weighted by Gasteiger charge is 2.13. The Kier molecular flexibility index (Phi) is 6.85. The first-order valence-electron chi connectivity index (χ1n) is 7.48. The van der Waals surface area contributed by atoms with E-state index in [4.69, 9.17) is 4.74 Å². The van der Waals surface area contributed by atoms with Gasteiger partial charge in [0.2, 0.25) is 0 Å². The summed E-state index contributed by atoms with van der Waals surface area (Å²) in [6, 6.07) is 7.54. The molecule has 21 heavy (non-hydrogen) atoms. The fourth-order valence-corrected chi connectivity index (χ4v) is 2.02. The Balaban J connectivity index is 2.60. The van der Waals surface area contributed by atoms with Gasteiger partial charge in [-0.15, -0.1) is 0 Å². The molecule has 0 aliphatic heterocycles. The van der Waals surface area contributed by atoms with Gasteiger partial charge in [0, 0.05) is 19.2 Å². The lowest BCUT2D eigenvalue weighted by Gasteiger charge is -2.17. The molecule has 0 aliphatic rings. The van der Waals surface area contributed by atoms with Crippen molar-refractivity contribution in [2.24, 2.45) is 0 Å². The monoisotopic (exact) mass is 293 g/mol. The van der Waals surface area contributed by atoms with Gasteiger partial charge in [0.25, 0.3) is 5.91 Å². The number of benzene rings is 1. The minimum Gasteiger partial charge on any atom is -0.390 e. The van der Waals surface area contributed by atoms with E-state index >= 15 is 0 Å². The number of rotatable bonds is 8. The molecule has 1 rings (SSSR count). The SMILES string of the molecule is CCC(CNC(=O)c1cccc(CCC(C)(C)O)c1)OC. The number of aliphatic hydroxyl groups is 1. The van der Waals surface area contributed by atoms with Crippen molar-refractivity contribution in [3.63, 3.8) is 0 Å². The van der Waals surface area contributed by atoms with Gasteiger partial charge in [-0.25, -0.2) is 0 Å². The second-order valence-corrected chi connectivity index (χ2v) is 5.99. The molecule has 0 saturated carbocycles. The van der Waals surface area contributed by atoms with Crippen LogP contribution in [0, 0.1) is 0 Å². The van der Waals surface area contributed by atoms with Crippen LogP contribution in [-0.2, 0) is 11.2 Å². The van der Waals surface area contributed by atoms with Gasteiger partial charge >= 0.3 is 0 Å². The minimum atomic E-state index is -0.689. The summed E-state index contributed by atoms with van der Waals surface area (Å²) in [5.41, 5.74) is 1.02. The molecule has 1 aromatic rings. The Hall–Kier alpha value is -1.39. The summed E-state index contributed by atoms with van der Waals surface area (Å²) in [4.78, 5) is 12.1. The van der Waals surface area contributed by atoms with Crippen LogP contribution in [0.4, 0.5) is 0 Å². The van der Waals surface area contributed by atoms with E-state index in [1.807, 2.05) is 25.1 Å². The van der Waals surface area contributed by atoms with Crippen molar-refractivity contribution < 1.29 is 14.6 Å². The van der Waals surface area contributed by atoms with Crippen molar-refractivity contribution in [2.75, 3.05) is 13.7 Å². The van der Waals surface area contributed by atoms with Gasteiger partial charge in [-0.3, -0.25) is 4.79 Å². The second-order valence-electron chi connectivity index (χ2n) is 5.99. The van der Waals surface area contributed by atoms with Gasteiger partial charge < -0.3 is 15.2 Å². The highest BCUT2D eigenvalue weighted by Crippen LogP contribution is 2.14. The highest BCUT2D eigenvalue weighted by atomic mass is 16.5. The Morgan fingerprint density at radius 3 is 2.71 bits per heavy atom. The molecule has 1 aromatic carbocycles. The Bertz CT molecular complexity index is 448. The zero-order valence-electron chi connectivity index (χ0n) is 13.5. The maximum absolute atomic E-state index is 12.1. The van der Waals surface area contributed by atoms with Crippen molar-refractivity contribution in [1.29, 1.82) is 0 Å². The highest BCUT2D eigenvalue weighted by molar-refractivity contribution is 5.94. The third kappa shape index (κ3) is 6.74. The maximum atomic E-state index is 12.1. The van der Waals surface area contributed by atoms with Crippen molar-refractivity contribution in [1.82, 2.24) is 5.32 Å². The van der Waals surface area contributed by atoms with E-state index in [1.54, 1.807) is 27.0 Å². The molecular formula is C17H27NO3. The van der Waals surface area contributed by atoms with Gasteiger partial charge in [0.15, 0.2) is 0 Å². The van der Waals surface area contributed by atoms with Gasteiger partial charge in [0.1, 0.15) is 0 Å². The Morgan fingerprint density at radius 2 is 2.14 bits per heavy atom. The van der Waals surface area contributed by atoms with Crippen LogP contribution in [0.3, 0.4) is 0 Å². The van der Waals surface area contributed by atoms with Crippen LogP contribution >= 0.6 is 0 Å². The smallest absolute Gasteiger partial charge is 0.251 e. The third-order valence-corrected chi connectivity index (χ3v) is 3.49. The lowest BCUT2D eigenvalue weighted by Crippen LogP contribution is -2.32. The van der Waals surface area contributed by atoms with E-state index < -0.39 is 5.60 Å². The van der Waals surface area contributed by atoms with Crippen LogP contribution in [0.15, 0.2) is 24.3 Å². The average molecular weight is 293 g/mol. The van der Waals surface area contributed by atoms with Crippen LogP contribution in [-0.4, -0.2) is 36.4 Å². The molecule has 1 unspecified atom stereocenters. The summed E-state index contributed by atoms with van der Waals surface area (Å²) < 4.78 is 5.24. The first kappa shape index (κ1) is 17.7. The normalized spacial score (nSPS) is 13.0. The van der Waals surface area contributed by atoms with E-state index in [2.05, 4.69) is 5.32 Å². The summed E-state index contributed by atoms with van der Waals surface area (Å²) in [7, 11) is 1.65. The number of methoxy groups -OCH3 is 1. The third-order valence-electron chi connectivity index (χ3n) is 3.49. The number of aryl methyl sites for hydroxylation is 1. The molecule has 1 amide bonds. The van der Waals surface area contributed by atoms with Gasteiger partial charge in [0.05, 0.1) is 11.7 Å². The van der Waals surface area contributed by atoms with Crippen LogP contribution < -0.4 is 5.32 Å². The largest absolute Gasteiger partial charge is 0.390 e. The van der Waals surface area contributed by atoms with Crippen molar-refractivity contribution in [3.8, 4) is 0 Å². The quantitative estimate of drug-likeness (QED) is 0.774. The number of hydrogen-bond acceptors (Lipinski definition) is 3. The Labute approximate surface area is 127 Å². The molecule has 2 N–H and O–H groups in total. The Morgan fingerprint density at radius 1 is 1.43 bits per heavy atom. The van der Waals surface area contributed by atoms with Gasteiger partial charge in [-0.05, 0) is 50.8 Å². The van der Waals surface area contributed by atoms with E-state index in [0.29, 0.717) is 18.5 Å². The maximum Gasteiger partial charge on any atom is 0.251 e. The average Bonchev–Trinajstić information content (AvgIpc) is 2.45. The molecule has 0 spiro atoms. The summed E-state index contributed by atoms with van der Waals surface area (Å²) in [5.74, 6) is -0.0874. The zero-order valence-corrected chi connectivity index (χ0v) is 13.5. The number of carbonyl (C=O) groups excluding carboxylic acids is 1. The first-order valence-corrected chi connectivity index (χ1v) is 7.48.